The molecule has 0 aromatic heterocycles. The van der Waals surface area contributed by atoms with E-state index in [9.17, 15) is 4.79 Å². The van der Waals surface area contributed by atoms with Gasteiger partial charge in [0.2, 0.25) is 0 Å². The van der Waals surface area contributed by atoms with Crippen molar-refractivity contribution in [2.24, 2.45) is 0 Å². The zero-order chi connectivity index (χ0) is 9.94. The molecule has 0 amide bonds. The molecule has 0 fully saturated rings. The predicted octanol–water partition coefficient (Wildman–Crippen LogP) is 2.02. The number of unbranched alkanes of at least 4 members (excludes halogenated alkanes) is 3. The number of nitrogens with one attached hydrogen (secondary N) is 1. The molecule has 0 aliphatic rings. The third-order valence-electron chi connectivity index (χ3n) is 1.95. The molecule has 0 heterocycles. The van der Waals surface area contributed by atoms with Crippen molar-refractivity contribution in [1.82, 2.24) is 5.32 Å². The van der Waals surface area contributed by atoms with E-state index in [0.29, 0.717) is 6.42 Å². The number of hydrogen-bond donors (Lipinski definition) is 2. The number of hydrogen-bond acceptors (Lipinski definition) is 2. The van der Waals surface area contributed by atoms with Gasteiger partial charge >= 0.3 is 5.97 Å². The van der Waals surface area contributed by atoms with Gasteiger partial charge in [-0.25, -0.2) is 0 Å². The maximum atomic E-state index is 10.2. The first-order valence-corrected chi connectivity index (χ1v) is 5.20. The second-order valence-corrected chi connectivity index (χ2v) is 3.31. The van der Waals surface area contributed by atoms with Gasteiger partial charge in [-0.3, -0.25) is 4.79 Å². The standard InChI is InChI=1S/C10H21NO2/c1-2-3-5-8-11-9-6-4-7-10(12)13/h11H,2-9H2,1H3,(H,12,13). The van der Waals surface area contributed by atoms with Gasteiger partial charge in [0.25, 0.3) is 0 Å². The van der Waals surface area contributed by atoms with Crippen molar-refractivity contribution in [3.8, 4) is 0 Å². The fourth-order valence-corrected chi connectivity index (χ4v) is 1.15. The summed E-state index contributed by atoms with van der Waals surface area (Å²) in [6.07, 6.45) is 5.82. The zero-order valence-electron chi connectivity index (χ0n) is 8.51. The van der Waals surface area contributed by atoms with Crippen molar-refractivity contribution in [2.45, 2.75) is 45.4 Å². The summed E-state index contributed by atoms with van der Waals surface area (Å²) < 4.78 is 0. The Morgan fingerprint density at radius 1 is 1.15 bits per heavy atom. The summed E-state index contributed by atoms with van der Waals surface area (Å²) in [7, 11) is 0. The maximum Gasteiger partial charge on any atom is 0.303 e. The van der Waals surface area contributed by atoms with E-state index in [1.54, 1.807) is 0 Å². The van der Waals surface area contributed by atoms with Crippen molar-refractivity contribution in [3.05, 3.63) is 0 Å². The van der Waals surface area contributed by atoms with Crippen LogP contribution in [0.3, 0.4) is 0 Å². The third kappa shape index (κ3) is 11.4. The molecule has 13 heavy (non-hydrogen) atoms. The highest BCUT2D eigenvalue weighted by atomic mass is 16.4. The third-order valence-corrected chi connectivity index (χ3v) is 1.95. The first kappa shape index (κ1) is 12.4. The van der Waals surface area contributed by atoms with E-state index >= 15 is 0 Å². The topological polar surface area (TPSA) is 49.3 Å². The van der Waals surface area contributed by atoms with Crippen LogP contribution in [0.15, 0.2) is 0 Å². The molecule has 0 unspecified atom stereocenters. The van der Waals surface area contributed by atoms with E-state index < -0.39 is 5.97 Å². The summed E-state index contributed by atoms with van der Waals surface area (Å²) in [5.41, 5.74) is 0. The van der Waals surface area contributed by atoms with Gasteiger partial charge in [-0.1, -0.05) is 19.8 Å². The number of carboxylic acid groups (broad SMARTS) is 1. The normalized spacial score (nSPS) is 10.2. The largest absolute Gasteiger partial charge is 0.481 e. The molecule has 0 aliphatic heterocycles. The molecule has 0 saturated carbocycles. The lowest BCUT2D eigenvalue weighted by Gasteiger charge is -2.02. The Kier molecular flexibility index (Phi) is 9.10. The van der Waals surface area contributed by atoms with Crippen molar-refractivity contribution in [1.29, 1.82) is 0 Å². The van der Waals surface area contributed by atoms with Crippen LogP contribution in [0.5, 0.6) is 0 Å². The minimum atomic E-state index is -0.689. The Bertz CT molecular complexity index is 126. The number of carboxylic acids is 1. The minimum Gasteiger partial charge on any atom is -0.481 e. The average molecular weight is 187 g/mol. The lowest BCUT2D eigenvalue weighted by molar-refractivity contribution is -0.137. The minimum absolute atomic E-state index is 0.302. The highest BCUT2D eigenvalue weighted by Crippen LogP contribution is 1.94. The van der Waals surface area contributed by atoms with Gasteiger partial charge in [-0.15, -0.1) is 0 Å². The van der Waals surface area contributed by atoms with Crippen molar-refractivity contribution >= 4 is 5.97 Å². The van der Waals surface area contributed by atoms with E-state index in [-0.39, 0.29) is 0 Å². The molecular weight excluding hydrogens is 166 g/mol. The molecule has 2 N–H and O–H groups in total. The van der Waals surface area contributed by atoms with Gasteiger partial charge in [0, 0.05) is 6.42 Å². The highest BCUT2D eigenvalue weighted by molar-refractivity contribution is 5.66. The summed E-state index contributed by atoms with van der Waals surface area (Å²) in [6, 6.07) is 0. The highest BCUT2D eigenvalue weighted by Gasteiger charge is 1.95. The van der Waals surface area contributed by atoms with Crippen LogP contribution in [0.25, 0.3) is 0 Å². The molecule has 78 valence electrons. The summed E-state index contributed by atoms with van der Waals surface area (Å²) in [5.74, 6) is -0.689. The molecule has 0 atom stereocenters. The summed E-state index contributed by atoms with van der Waals surface area (Å²) in [5, 5.41) is 11.7. The molecule has 0 rings (SSSR count). The van der Waals surface area contributed by atoms with E-state index in [1.807, 2.05) is 0 Å². The molecule has 0 bridgehead atoms. The number of carbonyl (C=O) groups is 1. The molecular formula is C10H21NO2. The molecule has 0 saturated heterocycles. The van der Waals surface area contributed by atoms with Crippen molar-refractivity contribution in [3.63, 3.8) is 0 Å². The summed E-state index contributed by atoms with van der Waals surface area (Å²) in [6.45, 7) is 4.21. The SMILES string of the molecule is CCCCCNCCCCC(=O)O. The second kappa shape index (κ2) is 9.52. The first-order valence-electron chi connectivity index (χ1n) is 5.20. The lowest BCUT2D eigenvalue weighted by atomic mass is 10.2. The monoisotopic (exact) mass is 187 g/mol. The van der Waals surface area contributed by atoms with Gasteiger partial charge < -0.3 is 10.4 Å². The molecule has 0 aromatic rings. The van der Waals surface area contributed by atoms with Crippen molar-refractivity contribution in [2.75, 3.05) is 13.1 Å². The van der Waals surface area contributed by atoms with Crippen molar-refractivity contribution < 1.29 is 9.90 Å². The van der Waals surface area contributed by atoms with Crippen LogP contribution in [-0.4, -0.2) is 24.2 Å². The van der Waals surface area contributed by atoms with Crippen LogP contribution in [-0.2, 0) is 4.79 Å². The summed E-state index contributed by atoms with van der Waals surface area (Å²) in [4.78, 5) is 10.2. The van der Waals surface area contributed by atoms with E-state index in [2.05, 4.69) is 12.2 Å². The maximum absolute atomic E-state index is 10.2. The van der Waals surface area contributed by atoms with Gasteiger partial charge in [0.15, 0.2) is 0 Å². The van der Waals surface area contributed by atoms with E-state index in [4.69, 9.17) is 5.11 Å². The Balaban J connectivity index is 2.87. The molecule has 3 heteroatoms. The average Bonchev–Trinajstić information content (AvgIpc) is 2.09. The van der Waals surface area contributed by atoms with E-state index in [0.717, 1.165) is 25.9 Å². The number of aliphatic carboxylic acids is 1. The molecule has 0 aliphatic carbocycles. The fraction of sp³-hybridized carbons (Fsp3) is 0.900. The molecule has 0 radical (unpaired) electrons. The zero-order valence-corrected chi connectivity index (χ0v) is 8.51. The Hall–Kier alpha value is -0.570. The molecule has 0 aromatic carbocycles. The van der Waals surface area contributed by atoms with Crippen LogP contribution in [0.2, 0.25) is 0 Å². The van der Waals surface area contributed by atoms with Gasteiger partial charge in [0.1, 0.15) is 0 Å². The lowest BCUT2D eigenvalue weighted by Crippen LogP contribution is -2.16. The van der Waals surface area contributed by atoms with Crippen LogP contribution in [0.4, 0.5) is 0 Å². The van der Waals surface area contributed by atoms with Gasteiger partial charge in [0.05, 0.1) is 0 Å². The molecule has 0 spiro atoms. The Morgan fingerprint density at radius 3 is 2.31 bits per heavy atom. The van der Waals surface area contributed by atoms with Crippen LogP contribution in [0.1, 0.15) is 45.4 Å². The second-order valence-electron chi connectivity index (χ2n) is 3.31. The Morgan fingerprint density at radius 2 is 1.77 bits per heavy atom. The van der Waals surface area contributed by atoms with Gasteiger partial charge in [-0.2, -0.15) is 0 Å². The number of rotatable bonds is 9. The van der Waals surface area contributed by atoms with Crippen LogP contribution in [0, 0.1) is 0 Å². The van der Waals surface area contributed by atoms with E-state index in [1.165, 1.54) is 19.3 Å². The quantitative estimate of drug-likeness (QED) is 0.543. The first-order chi connectivity index (χ1) is 6.27. The smallest absolute Gasteiger partial charge is 0.303 e. The van der Waals surface area contributed by atoms with Crippen LogP contribution >= 0.6 is 0 Å². The predicted molar refractivity (Wildman–Crippen MR) is 53.9 cm³/mol. The van der Waals surface area contributed by atoms with Gasteiger partial charge in [-0.05, 0) is 32.4 Å². The molecule has 3 nitrogen and oxygen atoms in total. The summed E-state index contributed by atoms with van der Waals surface area (Å²) >= 11 is 0. The van der Waals surface area contributed by atoms with Crippen LogP contribution < -0.4 is 5.32 Å². The fourth-order valence-electron chi connectivity index (χ4n) is 1.15. The Labute approximate surface area is 80.5 Å².